The van der Waals surface area contributed by atoms with Gasteiger partial charge in [-0.25, -0.2) is 0 Å². The van der Waals surface area contributed by atoms with Crippen LogP contribution in [-0.2, 0) is 9.59 Å². The number of likely N-dealkylation sites (tertiary alicyclic amines) is 2. The van der Waals surface area contributed by atoms with Crippen LogP contribution in [0.25, 0.3) is 0 Å². The first-order chi connectivity index (χ1) is 12.9. The molecule has 1 saturated carbocycles. The van der Waals surface area contributed by atoms with Gasteiger partial charge in [-0.1, -0.05) is 38.0 Å². The van der Waals surface area contributed by atoms with Crippen LogP contribution in [0.5, 0.6) is 5.75 Å². The number of hydrogen-bond donors (Lipinski definition) is 0. The van der Waals surface area contributed by atoms with E-state index >= 15 is 0 Å². The molecule has 2 bridgehead atoms. The van der Waals surface area contributed by atoms with Crippen molar-refractivity contribution in [2.45, 2.75) is 71.0 Å². The van der Waals surface area contributed by atoms with Gasteiger partial charge in [-0.3, -0.25) is 9.59 Å². The van der Waals surface area contributed by atoms with Gasteiger partial charge in [0.05, 0.1) is 6.04 Å². The van der Waals surface area contributed by atoms with E-state index in [0.29, 0.717) is 6.54 Å². The molecule has 27 heavy (non-hydrogen) atoms. The molecule has 0 aromatic heterocycles. The van der Waals surface area contributed by atoms with Crippen LogP contribution >= 0.6 is 0 Å². The highest BCUT2D eigenvalue weighted by Gasteiger charge is 2.60. The lowest BCUT2D eigenvalue weighted by molar-refractivity contribution is -0.141. The minimum absolute atomic E-state index is 0.00338. The molecule has 2 amide bonds. The van der Waals surface area contributed by atoms with Crippen LogP contribution in [0.15, 0.2) is 24.3 Å². The van der Waals surface area contributed by atoms with Crippen molar-refractivity contribution in [2.24, 2.45) is 5.41 Å². The fourth-order valence-corrected chi connectivity index (χ4v) is 5.86. The summed E-state index contributed by atoms with van der Waals surface area (Å²) in [5.41, 5.74) is 1.04. The molecule has 2 heterocycles. The number of fused-ring (bicyclic) bond motifs is 1. The minimum atomic E-state index is 0.00338. The Morgan fingerprint density at radius 3 is 2.59 bits per heavy atom. The SMILES string of the molecule is CC(=O)N1[C@@H]2CN(C(=O)COc3ccccc3C)[C@@H]3CCCC[C@H]1[C@]3(C)C2. The number of rotatable bonds is 3. The summed E-state index contributed by atoms with van der Waals surface area (Å²) in [6, 6.07) is 8.41. The number of ether oxygens (including phenoxy) is 1. The summed E-state index contributed by atoms with van der Waals surface area (Å²) in [4.78, 5) is 29.6. The molecule has 1 aromatic rings. The Kier molecular flexibility index (Phi) is 4.65. The molecule has 4 rings (SSSR count). The van der Waals surface area contributed by atoms with Gasteiger partial charge < -0.3 is 14.5 Å². The summed E-state index contributed by atoms with van der Waals surface area (Å²) in [7, 11) is 0. The number of nitrogens with zero attached hydrogens (tertiary/aromatic N) is 2. The van der Waals surface area contributed by atoms with Crippen LogP contribution in [0.2, 0.25) is 0 Å². The van der Waals surface area contributed by atoms with Crippen molar-refractivity contribution in [1.29, 1.82) is 0 Å². The van der Waals surface area contributed by atoms with Gasteiger partial charge in [0, 0.05) is 31.0 Å². The molecule has 5 heteroatoms. The van der Waals surface area contributed by atoms with Gasteiger partial charge in [0.15, 0.2) is 6.61 Å². The number of carbonyl (C=O) groups excluding carboxylic acids is 2. The Balaban J connectivity index is 1.56. The Bertz CT molecular complexity index is 749. The molecule has 146 valence electrons. The second-order valence-corrected chi connectivity index (χ2v) is 8.71. The van der Waals surface area contributed by atoms with Gasteiger partial charge in [0.1, 0.15) is 5.75 Å². The summed E-state index contributed by atoms with van der Waals surface area (Å²) in [5, 5.41) is 0. The molecule has 3 aliphatic rings. The molecule has 0 unspecified atom stereocenters. The molecule has 0 N–H and O–H groups in total. The summed E-state index contributed by atoms with van der Waals surface area (Å²) < 4.78 is 5.85. The minimum Gasteiger partial charge on any atom is -0.484 e. The number of carbonyl (C=O) groups is 2. The maximum atomic E-state index is 13.1. The van der Waals surface area contributed by atoms with Gasteiger partial charge >= 0.3 is 0 Å². The van der Waals surface area contributed by atoms with E-state index in [4.69, 9.17) is 4.74 Å². The van der Waals surface area contributed by atoms with Crippen LogP contribution in [0.4, 0.5) is 0 Å². The van der Waals surface area contributed by atoms with Crippen molar-refractivity contribution < 1.29 is 14.3 Å². The van der Waals surface area contributed by atoms with E-state index in [2.05, 4.69) is 11.8 Å². The maximum Gasteiger partial charge on any atom is 0.260 e. The molecule has 1 aliphatic carbocycles. The summed E-state index contributed by atoms with van der Waals surface area (Å²) in [5.74, 6) is 0.964. The third-order valence-corrected chi connectivity index (χ3v) is 7.04. The van der Waals surface area contributed by atoms with Crippen LogP contribution in [0.3, 0.4) is 0 Å². The van der Waals surface area contributed by atoms with Gasteiger partial charge in [-0.2, -0.15) is 0 Å². The monoisotopic (exact) mass is 370 g/mol. The number of amides is 2. The summed E-state index contributed by atoms with van der Waals surface area (Å²) in [6.45, 7) is 6.67. The quantitative estimate of drug-likeness (QED) is 0.821. The largest absolute Gasteiger partial charge is 0.484 e. The van der Waals surface area contributed by atoms with E-state index in [0.717, 1.165) is 43.4 Å². The first-order valence-corrected chi connectivity index (χ1v) is 10.2. The molecule has 0 radical (unpaired) electrons. The predicted molar refractivity (Wildman–Crippen MR) is 103 cm³/mol. The van der Waals surface area contributed by atoms with Crippen molar-refractivity contribution in [3.8, 4) is 5.75 Å². The van der Waals surface area contributed by atoms with E-state index in [-0.39, 0.29) is 42.0 Å². The highest BCUT2D eigenvalue weighted by Crippen LogP contribution is 2.53. The third-order valence-electron chi connectivity index (χ3n) is 7.04. The zero-order valence-electron chi connectivity index (χ0n) is 16.6. The average molecular weight is 370 g/mol. The van der Waals surface area contributed by atoms with E-state index in [9.17, 15) is 9.59 Å². The summed E-state index contributed by atoms with van der Waals surface area (Å²) in [6.07, 6.45) is 5.36. The molecule has 2 aliphatic heterocycles. The first-order valence-electron chi connectivity index (χ1n) is 10.2. The molecule has 3 fully saturated rings. The van der Waals surface area contributed by atoms with Crippen molar-refractivity contribution in [3.05, 3.63) is 29.8 Å². The lowest BCUT2D eigenvalue weighted by atomic mass is 9.71. The molecule has 2 saturated heterocycles. The van der Waals surface area contributed by atoms with Crippen molar-refractivity contribution in [2.75, 3.05) is 13.2 Å². The second kappa shape index (κ2) is 6.84. The standard InChI is InChI=1S/C22H30N2O3/c1-15-8-4-5-9-18(15)27-14-21(26)23-13-17-12-22(3)19(23)10-6-7-11-20(22)24(17)16(2)25/h4-5,8-9,17,19-20H,6-7,10-14H2,1-3H3/t17-,19+,20-,22+/m0/s1. The van der Waals surface area contributed by atoms with Gasteiger partial charge in [0.25, 0.3) is 5.91 Å². The fraction of sp³-hybridized carbons (Fsp3) is 0.636. The molecular formula is C22H30N2O3. The highest BCUT2D eigenvalue weighted by molar-refractivity contribution is 5.79. The van der Waals surface area contributed by atoms with Crippen molar-refractivity contribution >= 4 is 11.8 Å². The van der Waals surface area contributed by atoms with Crippen molar-refractivity contribution in [3.63, 3.8) is 0 Å². The number of benzene rings is 1. The van der Waals surface area contributed by atoms with E-state index in [1.54, 1.807) is 6.92 Å². The number of aryl methyl sites for hydroxylation is 1. The summed E-state index contributed by atoms with van der Waals surface area (Å²) >= 11 is 0. The number of para-hydroxylation sites is 1. The molecule has 0 spiro atoms. The van der Waals surface area contributed by atoms with Gasteiger partial charge in [-0.15, -0.1) is 0 Å². The van der Waals surface area contributed by atoms with Gasteiger partial charge in [0.2, 0.25) is 5.91 Å². The zero-order chi connectivity index (χ0) is 19.2. The van der Waals surface area contributed by atoms with Crippen LogP contribution in [0, 0.1) is 12.3 Å². The predicted octanol–water partition coefficient (Wildman–Crippen LogP) is 3.15. The lowest BCUT2D eigenvalue weighted by Crippen LogP contribution is -2.56. The number of piperidine rings is 1. The zero-order valence-corrected chi connectivity index (χ0v) is 16.6. The lowest BCUT2D eigenvalue weighted by Gasteiger charge is -2.46. The topological polar surface area (TPSA) is 49.9 Å². The molecular weight excluding hydrogens is 340 g/mol. The molecule has 1 aromatic carbocycles. The van der Waals surface area contributed by atoms with Gasteiger partial charge in [-0.05, 0) is 37.8 Å². The fourth-order valence-electron chi connectivity index (χ4n) is 5.86. The smallest absolute Gasteiger partial charge is 0.260 e. The maximum absolute atomic E-state index is 13.1. The second-order valence-electron chi connectivity index (χ2n) is 8.71. The molecule has 4 atom stereocenters. The highest BCUT2D eigenvalue weighted by atomic mass is 16.5. The van der Waals surface area contributed by atoms with E-state index < -0.39 is 0 Å². The van der Waals surface area contributed by atoms with Crippen molar-refractivity contribution in [1.82, 2.24) is 9.80 Å². The van der Waals surface area contributed by atoms with Crippen LogP contribution < -0.4 is 4.74 Å². The Labute approximate surface area is 161 Å². The normalized spacial score (nSPS) is 32.2. The Hall–Kier alpha value is -2.04. The Morgan fingerprint density at radius 1 is 1.19 bits per heavy atom. The van der Waals surface area contributed by atoms with E-state index in [1.165, 1.54) is 0 Å². The first kappa shape index (κ1) is 18.3. The van der Waals surface area contributed by atoms with E-state index in [1.807, 2.05) is 36.1 Å². The van der Waals surface area contributed by atoms with Crippen LogP contribution in [-0.4, -0.2) is 52.9 Å². The average Bonchev–Trinajstić information content (AvgIpc) is 2.75. The third kappa shape index (κ3) is 3.01. The molecule has 5 nitrogen and oxygen atoms in total. The number of hydrogen-bond acceptors (Lipinski definition) is 3. The Morgan fingerprint density at radius 2 is 1.89 bits per heavy atom. The van der Waals surface area contributed by atoms with Crippen LogP contribution in [0.1, 0.15) is 51.5 Å².